The van der Waals surface area contributed by atoms with Crippen LogP contribution >= 0.6 is 23.8 Å². The van der Waals surface area contributed by atoms with Crippen molar-refractivity contribution in [3.05, 3.63) is 34.1 Å². The highest BCUT2D eigenvalue weighted by Gasteiger charge is 2.27. The lowest BCUT2D eigenvalue weighted by Crippen LogP contribution is -2.34. The van der Waals surface area contributed by atoms with E-state index in [2.05, 4.69) is 12.0 Å². The van der Waals surface area contributed by atoms with Crippen LogP contribution in [0.3, 0.4) is 0 Å². The van der Waals surface area contributed by atoms with E-state index < -0.39 is 18.6 Å². The van der Waals surface area contributed by atoms with Gasteiger partial charge in [-0.25, -0.2) is 4.68 Å². The first-order valence-electron chi connectivity index (χ1n) is 8.48. The molecule has 0 saturated heterocycles. The van der Waals surface area contributed by atoms with E-state index in [1.165, 1.54) is 4.68 Å². The highest BCUT2D eigenvalue weighted by molar-refractivity contribution is 7.71. The molecule has 0 aliphatic heterocycles. The molecule has 1 N–H and O–H groups in total. The minimum atomic E-state index is -4.44. The molecule has 2 rings (SSSR count). The van der Waals surface area contributed by atoms with Crippen molar-refractivity contribution < 1.29 is 18.0 Å². The van der Waals surface area contributed by atoms with Crippen molar-refractivity contribution in [2.45, 2.75) is 45.5 Å². The maximum atomic E-state index is 12.2. The number of nitrogens with one attached hydrogen (secondary N) is 1. The van der Waals surface area contributed by atoms with Crippen molar-refractivity contribution in [3.8, 4) is 11.4 Å². The summed E-state index contributed by atoms with van der Waals surface area (Å²) >= 11 is 11.4. The van der Waals surface area contributed by atoms with E-state index in [1.807, 2.05) is 22.0 Å². The van der Waals surface area contributed by atoms with Gasteiger partial charge in [-0.1, -0.05) is 24.9 Å². The van der Waals surface area contributed by atoms with E-state index in [0.717, 1.165) is 18.4 Å². The number of amides is 1. The lowest BCUT2D eigenvalue weighted by atomic mass is 10.2. The molecule has 0 spiro atoms. The minimum Gasteiger partial charge on any atom is -0.347 e. The summed E-state index contributed by atoms with van der Waals surface area (Å²) in [4.78, 5) is 11.6. The van der Waals surface area contributed by atoms with Crippen molar-refractivity contribution in [2.75, 3.05) is 6.54 Å². The van der Waals surface area contributed by atoms with Crippen LogP contribution < -0.4 is 5.32 Å². The first-order valence-corrected chi connectivity index (χ1v) is 9.27. The maximum Gasteiger partial charge on any atom is 0.405 e. The average Bonchev–Trinajstić information content (AvgIpc) is 2.92. The first-order chi connectivity index (χ1) is 12.7. The Labute approximate surface area is 165 Å². The van der Waals surface area contributed by atoms with Crippen molar-refractivity contribution in [1.82, 2.24) is 19.7 Å². The Morgan fingerprint density at radius 1 is 1.26 bits per heavy atom. The molecule has 148 valence electrons. The molecule has 2 aromatic rings. The number of benzene rings is 1. The molecule has 0 fully saturated rings. The molecule has 0 radical (unpaired) electrons. The number of rotatable bonds is 8. The fourth-order valence-corrected chi connectivity index (χ4v) is 2.85. The number of aromatic nitrogens is 3. The van der Waals surface area contributed by atoms with Gasteiger partial charge in [-0.3, -0.25) is 9.36 Å². The molecular weight excluding hydrogens is 401 g/mol. The molecule has 0 saturated carbocycles. The molecule has 0 aliphatic carbocycles. The molecule has 1 aromatic carbocycles. The second-order valence-electron chi connectivity index (χ2n) is 5.98. The molecule has 0 bridgehead atoms. The summed E-state index contributed by atoms with van der Waals surface area (Å²) in [5.41, 5.74) is 0.821. The topological polar surface area (TPSA) is 51.9 Å². The molecule has 1 aromatic heterocycles. The molecule has 10 heteroatoms. The smallest absolute Gasteiger partial charge is 0.347 e. The van der Waals surface area contributed by atoms with Gasteiger partial charge in [0.05, 0.1) is 6.54 Å². The Hall–Kier alpha value is -1.87. The number of hydrogen-bond acceptors (Lipinski definition) is 3. The minimum absolute atomic E-state index is 0.0994. The van der Waals surface area contributed by atoms with Crippen LogP contribution in [0.15, 0.2) is 24.3 Å². The number of carbonyl (C=O) groups is 1. The molecule has 1 amide bonds. The van der Waals surface area contributed by atoms with Crippen LogP contribution in [-0.2, 0) is 17.9 Å². The van der Waals surface area contributed by atoms with Gasteiger partial charge >= 0.3 is 6.18 Å². The van der Waals surface area contributed by atoms with Crippen LogP contribution in [0.2, 0.25) is 5.02 Å². The average molecular weight is 421 g/mol. The molecular formula is C17H20ClF3N4OS. The summed E-state index contributed by atoms with van der Waals surface area (Å²) in [5.74, 6) is -0.0637. The Kier molecular flexibility index (Phi) is 7.43. The van der Waals surface area contributed by atoms with E-state index in [0.29, 0.717) is 22.2 Å². The van der Waals surface area contributed by atoms with Gasteiger partial charge in [0.1, 0.15) is 6.54 Å². The number of aryl methyl sites for hydroxylation is 1. The number of carbonyl (C=O) groups excluding carboxylic acids is 1. The van der Waals surface area contributed by atoms with Crippen LogP contribution in [-0.4, -0.2) is 33.0 Å². The van der Waals surface area contributed by atoms with E-state index in [4.69, 9.17) is 23.8 Å². The highest BCUT2D eigenvalue weighted by Crippen LogP contribution is 2.21. The van der Waals surface area contributed by atoms with Gasteiger partial charge in [-0.2, -0.15) is 18.3 Å². The summed E-state index contributed by atoms with van der Waals surface area (Å²) < 4.78 is 40.3. The summed E-state index contributed by atoms with van der Waals surface area (Å²) in [6, 6.07) is 7.13. The molecule has 5 nitrogen and oxygen atoms in total. The second-order valence-corrected chi connectivity index (χ2v) is 6.78. The van der Waals surface area contributed by atoms with Gasteiger partial charge in [0.25, 0.3) is 0 Å². The van der Waals surface area contributed by atoms with E-state index in [-0.39, 0.29) is 13.0 Å². The highest BCUT2D eigenvalue weighted by atomic mass is 35.5. The largest absolute Gasteiger partial charge is 0.405 e. The fraction of sp³-hybridized carbons (Fsp3) is 0.471. The lowest BCUT2D eigenvalue weighted by molar-refractivity contribution is -0.138. The Morgan fingerprint density at radius 2 is 1.93 bits per heavy atom. The zero-order valence-electron chi connectivity index (χ0n) is 14.7. The third-order valence-corrected chi connectivity index (χ3v) is 4.48. The Bertz CT molecular complexity index is 830. The molecule has 0 atom stereocenters. The van der Waals surface area contributed by atoms with Crippen molar-refractivity contribution in [2.24, 2.45) is 0 Å². The standard InChI is InChI=1S/C17H20ClF3N4OS/c1-2-3-9-24-15(12-4-6-13(18)7-5-12)23-25(16(24)27)10-8-14(26)22-11-17(19,20)21/h4-7H,2-3,8-11H2,1H3,(H,22,26). The number of alkyl halides is 3. The summed E-state index contributed by atoms with van der Waals surface area (Å²) in [7, 11) is 0. The molecule has 0 aliphatic rings. The van der Waals surface area contributed by atoms with Gasteiger partial charge < -0.3 is 5.32 Å². The number of halogens is 4. The quantitative estimate of drug-likeness (QED) is 0.635. The summed E-state index contributed by atoms with van der Waals surface area (Å²) in [5, 5.41) is 6.91. The van der Waals surface area contributed by atoms with Crippen LogP contribution in [0.5, 0.6) is 0 Å². The van der Waals surface area contributed by atoms with Crippen molar-refractivity contribution in [1.29, 1.82) is 0 Å². The number of nitrogens with zero attached hydrogens (tertiary/aromatic N) is 3. The second kappa shape index (κ2) is 9.36. The van der Waals surface area contributed by atoms with Crippen LogP contribution in [0.1, 0.15) is 26.2 Å². The first kappa shape index (κ1) is 21.4. The zero-order chi connectivity index (χ0) is 20.0. The van der Waals surface area contributed by atoms with Crippen molar-refractivity contribution in [3.63, 3.8) is 0 Å². The summed E-state index contributed by atoms with van der Waals surface area (Å²) in [6.45, 7) is 1.47. The molecule has 1 heterocycles. The Balaban J connectivity index is 2.18. The third-order valence-electron chi connectivity index (χ3n) is 3.80. The lowest BCUT2D eigenvalue weighted by Gasteiger charge is -2.08. The SMILES string of the molecule is CCCCn1c(-c2ccc(Cl)cc2)nn(CCC(=O)NCC(F)(F)F)c1=S. The van der Waals surface area contributed by atoms with Crippen LogP contribution in [0.25, 0.3) is 11.4 Å². The van der Waals surface area contributed by atoms with Crippen molar-refractivity contribution >= 4 is 29.7 Å². The molecule has 27 heavy (non-hydrogen) atoms. The van der Waals surface area contributed by atoms with Gasteiger partial charge in [-0.05, 0) is 42.9 Å². The van der Waals surface area contributed by atoms with Gasteiger partial charge in [-0.15, -0.1) is 0 Å². The number of unbranched alkanes of at least 4 members (excludes halogenated alkanes) is 1. The maximum absolute atomic E-state index is 12.2. The fourth-order valence-electron chi connectivity index (χ4n) is 2.41. The van der Waals surface area contributed by atoms with Gasteiger partial charge in [0.2, 0.25) is 5.91 Å². The predicted octanol–water partition coefficient (Wildman–Crippen LogP) is 4.60. The van der Waals surface area contributed by atoms with Crippen LogP contribution in [0, 0.1) is 4.77 Å². The monoisotopic (exact) mass is 420 g/mol. The third kappa shape index (κ3) is 6.35. The summed E-state index contributed by atoms with van der Waals surface area (Å²) in [6.07, 6.45) is -2.72. The van der Waals surface area contributed by atoms with Gasteiger partial charge in [0.15, 0.2) is 10.6 Å². The zero-order valence-corrected chi connectivity index (χ0v) is 16.3. The van der Waals surface area contributed by atoms with Crippen LogP contribution in [0.4, 0.5) is 13.2 Å². The van der Waals surface area contributed by atoms with E-state index >= 15 is 0 Å². The van der Waals surface area contributed by atoms with E-state index in [9.17, 15) is 18.0 Å². The predicted molar refractivity (Wildman–Crippen MR) is 100 cm³/mol. The normalized spacial score (nSPS) is 11.6. The molecule has 0 unspecified atom stereocenters. The Morgan fingerprint density at radius 3 is 2.52 bits per heavy atom. The number of hydrogen-bond donors (Lipinski definition) is 1. The van der Waals surface area contributed by atoms with E-state index in [1.54, 1.807) is 12.1 Å². The van der Waals surface area contributed by atoms with Gasteiger partial charge in [0, 0.05) is 23.6 Å².